The van der Waals surface area contributed by atoms with E-state index in [-0.39, 0.29) is 65.1 Å². The van der Waals surface area contributed by atoms with Crippen LogP contribution in [0.3, 0.4) is 0 Å². The third-order valence-corrected chi connectivity index (χ3v) is 7.41. The first-order chi connectivity index (χ1) is 22.8. The lowest BCUT2D eigenvalue weighted by Gasteiger charge is -2.34. The van der Waals surface area contributed by atoms with Crippen LogP contribution in [0.2, 0.25) is 0 Å². The van der Waals surface area contributed by atoms with Crippen molar-refractivity contribution in [3.63, 3.8) is 0 Å². The van der Waals surface area contributed by atoms with Gasteiger partial charge in [0.05, 0.1) is 36.5 Å². The lowest BCUT2D eigenvalue weighted by molar-refractivity contribution is 0.0428. The maximum atomic E-state index is 15.1. The standard InChI is InChI=1S/C35H34F2N6O5/c1-22-21-42-30(32(45)43(22)27-13-10-25(11-14-27)35(36,37)24-8-6-5-7-9-24)28(20-40-42)31(44)41-26-12-15-29(23(18-26)19-38)47-17-16-39-33(46)48-34(2,3)4/h5-15,18,20,22H,16-17,21H2,1-4H3,(H,39,46)(H,41,44)/t22-/m0/s1. The molecule has 2 heterocycles. The molecule has 3 amide bonds. The van der Waals surface area contributed by atoms with Crippen molar-refractivity contribution < 1.29 is 32.6 Å². The van der Waals surface area contributed by atoms with E-state index in [4.69, 9.17) is 9.47 Å². The van der Waals surface area contributed by atoms with Crippen LogP contribution in [0.25, 0.3) is 0 Å². The summed E-state index contributed by atoms with van der Waals surface area (Å²) in [5, 5.41) is 19.2. The zero-order chi connectivity index (χ0) is 34.6. The Morgan fingerprint density at radius 2 is 1.73 bits per heavy atom. The average Bonchev–Trinajstić information content (AvgIpc) is 3.47. The number of nitrogens with zero attached hydrogens (tertiary/aromatic N) is 4. The molecule has 0 unspecified atom stereocenters. The molecule has 1 atom stereocenters. The fourth-order valence-corrected chi connectivity index (χ4v) is 5.23. The second-order valence-electron chi connectivity index (χ2n) is 12.2. The molecular formula is C35H34F2N6O5. The summed E-state index contributed by atoms with van der Waals surface area (Å²) in [6, 6.07) is 19.1. The first-order valence-corrected chi connectivity index (χ1v) is 15.2. The SMILES string of the molecule is C[C@H]1Cn2ncc(C(=O)Nc3ccc(OCCNC(=O)OC(C)(C)C)c(C#N)c3)c2C(=O)N1c1ccc(C(F)(F)c2ccccc2)cc1. The summed E-state index contributed by atoms with van der Waals surface area (Å²) in [7, 11) is 0. The molecule has 2 N–H and O–H groups in total. The van der Waals surface area contributed by atoms with E-state index in [0.717, 1.165) is 0 Å². The molecule has 4 aromatic rings. The normalized spacial score (nSPS) is 14.5. The van der Waals surface area contributed by atoms with Gasteiger partial charge in [-0.1, -0.05) is 42.5 Å². The number of ether oxygens (including phenoxy) is 2. The van der Waals surface area contributed by atoms with Gasteiger partial charge in [-0.2, -0.15) is 19.1 Å². The number of nitrogens with one attached hydrogen (secondary N) is 2. The molecule has 248 valence electrons. The van der Waals surface area contributed by atoms with Crippen LogP contribution in [-0.2, 0) is 17.2 Å². The minimum absolute atomic E-state index is 0.0104. The number of alkyl halides is 2. The number of rotatable bonds is 9. The highest BCUT2D eigenvalue weighted by atomic mass is 19.3. The maximum Gasteiger partial charge on any atom is 0.407 e. The molecule has 13 heteroatoms. The number of benzene rings is 3. The zero-order valence-corrected chi connectivity index (χ0v) is 26.8. The smallest absolute Gasteiger partial charge is 0.407 e. The van der Waals surface area contributed by atoms with Gasteiger partial charge < -0.3 is 25.0 Å². The molecule has 0 saturated heterocycles. The molecule has 0 spiro atoms. The number of carbonyl (C=O) groups excluding carboxylic acids is 3. The van der Waals surface area contributed by atoms with Gasteiger partial charge in [-0.25, -0.2) is 4.79 Å². The van der Waals surface area contributed by atoms with E-state index in [2.05, 4.69) is 15.7 Å². The Bertz CT molecular complexity index is 1860. The maximum absolute atomic E-state index is 15.1. The fourth-order valence-electron chi connectivity index (χ4n) is 5.23. The van der Waals surface area contributed by atoms with E-state index in [1.807, 2.05) is 6.07 Å². The summed E-state index contributed by atoms with van der Waals surface area (Å²) in [6.07, 6.45) is 0.701. The van der Waals surface area contributed by atoms with Crippen LogP contribution in [0.4, 0.5) is 25.0 Å². The predicted molar refractivity (Wildman–Crippen MR) is 173 cm³/mol. The monoisotopic (exact) mass is 656 g/mol. The van der Waals surface area contributed by atoms with Crippen molar-refractivity contribution in [2.45, 2.75) is 51.8 Å². The third kappa shape index (κ3) is 7.28. The molecule has 0 bridgehead atoms. The lowest BCUT2D eigenvalue weighted by atomic mass is 9.99. The number of carbonyl (C=O) groups is 3. The van der Waals surface area contributed by atoms with Crippen molar-refractivity contribution in [1.82, 2.24) is 15.1 Å². The van der Waals surface area contributed by atoms with Crippen molar-refractivity contribution in [1.29, 1.82) is 5.26 Å². The molecular weight excluding hydrogens is 622 g/mol. The van der Waals surface area contributed by atoms with Crippen molar-refractivity contribution >= 4 is 29.3 Å². The molecule has 0 saturated carbocycles. The van der Waals surface area contributed by atoms with Crippen LogP contribution in [0, 0.1) is 11.3 Å². The second-order valence-corrected chi connectivity index (χ2v) is 12.2. The second kappa shape index (κ2) is 13.5. The summed E-state index contributed by atoms with van der Waals surface area (Å²) in [4.78, 5) is 40.4. The number of fused-ring (bicyclic) bond motifs is 1. The topological polar surface area (TPSA) is 139 Å². The van der Waals surface area contributed by atoms with Crippen LogP contribution >= 0.6 is 0 Å². The molecule has 1 aromatic heterocycles. The zero-order valence-electron chi connectivity index (χ0n) is 26.8. The van der Waals surface area contributed by atoms with E-state index >= 15 is 8.78 Å². The summed E-state index contributed by atoms with van der Waals surface area (Å²) in [5.41, 5.74) is -0.133. The van der Waals surface area contributed by atoms with Crippen LogP contribution in [0.1, 0.15) is 65.2 Å². The van der Waals surface area contributed by atoms with Gasteiger partial charge in [-0.15, -0.1) is 0 Å². The van der Waals surface area contributed by atoms with Gasteiger partial charge in [0.1, 0.15) is 29.7 Å². The predicted octanol–water partition coefficient (Wildman–Crippen LogP) is 6.10. The summed E-state index contributed by atoms with van der Waals surface area (Å²) >= 11 is 0. The van der Waals surface area contributed by atoms with Gasteiger partial charge in [-0.3, -0.25) is 14.3 Å². The molecule has 3 aromatic carbocycles. The number of anilines is 2. The van der Waals surface area contributed by atoms with E-state index < -0.39 is 29.4 Å². The van der Waals surface area contributed by atoms with Gasteiger partial charge in [0.25, 0.3) is 17.7 Å². The molecule has 0 radical (unpaired) electrons. The van der Waals surface area contributed by atoms with Gasteiger partial charge in [0.2, 0.25) is 0 Å². The summed E-state index contributed by atoms with van der Waals surface area (Å²) in [5.74, 6) is -4.12. The number of hydrogen-bond donors (Lipinski definition) is 2. The summed E-state index contributed by atoms with van der Waals surface area (Å²) in [6.45, 7) is 7.52. The molecule has 1 aliphatic rings. The highest BCUT2D eigenvalue weighted by molar-refractivity contribution is 6.15. The van der Waals surface area contributed by atoms with Crippen LogP contribution in [0.15, 0.2) is 79.0 Å². The number of halogens is 2. The lowest BCUT2D eigenvalue weighted by Crippen LogP contribution is -2.47. The van der Waals surface area contributed by atoms with Crippen LogP contribution in [-0.4, -0.2) is 52.5 Å². The first kappa shape index (κ1) is 33.6. The minimum atomic E-state index is -3.23. The number of amides is 3. The Kier molecular flexibility index (Phi) is 9.47. The molecule has 1 aliphatic heterocycles. The van der Waals surface area contributed by atoms with E-state index in [0.29, 0.717) is 5.69 Å². The van der Waals surface area contributed by atoms with Crippen LogP contribution in [0.5, 0.6) is 5.75 Å². The van der Waals surface area contributed by atoms with Crippen molar-refractivity contribution in [2.24, 2.45) is 0 Å². The van der Waals surface area contributed by atoms with E-state index in [9.17, 15) is 19.6 Å². The van der Waals surface area contributed by atoms with Gasteiger partial charge in [0, 0.05) is 22.5 Å². The van der Waals surface area contributed by atoms with Crippen molar-refractivity contribution in [3.8, 4) is 11.8 Å². The fraction of sp³-hybridized carbons (Fsp3) is 0.286. The highest BCUT2D eigenvalue weighted by Crippen LogP contribution is 2.37. The number of alkyl carbamates (subject to hydrolysis) is 1. The quantitative estimate of drug-likeness (QED) is 0.208. The van der Waals surface area contributed by atoms with Crippen molar-refractivity contribution in [2.75, 3.05) is 23.4 Å². The Labute approximate surface area is 276 Å². The highest BCUT2D eigenvalue weighted by Gasteiger charge is 2.37. The molecule has 0 fully saturated rings. The Morgan fingerprint density at radius 1 is 1.04 bits per heavy atom. The number of aromatic nitrogens is 2. The van der Waals surface area contributed by atoms with Crippen molar-refractivity contribution in [3.05, 3.63) is 107 Å². The van der Waals surface area contributed by atoms with Gasteiger partial charge in [-0.05, 0) is 58.0 Å². The van der Waals surface area contributed by atoms with Gasteiger partial charge >= 0.3 is 6.09 Å². The molecule has 5 rings (SSSR count). The molecule has 48 heavy (non-hydrogen) atoms. The van der Waals surface area contributed by atoms with Crippen LogP contribution < -0.4 is 20.3 Å². The third-order valence-electron chi connectivity index (χ3n) is 7.41. The van der Waals surface area contributed by atoms with E-state index in [1.165, 1.54) is 70.4 Å². The molecule has 11 nitrogen and oxygen atoms in total. The van der Waals surface area contributed by atoms with E-state index in [1.54, 1.807) is 45.9 Å². The Morgan fingerprint density at radius 3 is 2.40 bits per heavy atom. The summed E-state index contributed by atoms with van der Waals surface area (Å²) < 4.78 is 42.5. The first-order valence-electron chi connectivity index (χ1n) is 15.2. The number of nitriles is 1. The molecule has 0 aliphatic carbocycles. The largest absolute Gasteiger partial charge is 0.490 e. The van der Waals surface area contributed by atoms with Gasteiger partial charge in [0.15, 0.2) is 0 Å². The number of hydrogen-bond acceptors (Lipinski definition) is 7. The Hall–Kier alpha value is -5.77. The average molecular weight is 657 g/mol. The minimum Gasteiger partial charge on any atom is -0.490 e. The Balaban J connectivity index is 1.27.